The zero-order chi connectivity index (χ0) is 17.6. The molecule has 0 bridgehead atoms. The van der Waals surface area contributed by atoms with Crippen molar-refractivity contribution in [3.63, 3.8) is 0 Å². The molecular weight excluding hydrogens is 334 g/mol. The molecule has 6 heteroatoms. The van der Waals surface area contributed by atoms with Gasteiger partial charge in [-0.15, -0.1) is 11.8 Å². The number of aromatic nitrogens is 1. The molecular formula is C19H27N3O2S. The van der Waals surface area contributed by atoms with Gasteiger partial charge >= 0.3 is 0 Å². The first kappa shape index (κ1) is 18.2. The minimum atomic E-state index is 0.0749. The summed E-state index contributed by atoms with van der Waals surface area (Å²) < 4.78 is 0. The van der Waals surface area contributed by atoms with Crippen molar-refractivity contribution in [3.8, 4) is 0 Å². The van der Waals surface area contributed by atoms with Gasteiger partial charge in [-0.1, -0.05) is 12.8 Å². The summed E-state index contributed by atoms with van der Waals surface area (Å²) >= 11 is 1.51. The Labute approximate surface area is 154 Å². The van der Waals surface area contributed by atoms with Crippen molar-refractivity contribution in [1.82, 2.24) is 15.2 Å². The van der Waals surface area contributed by atoms with E-state index in [9.17, 15) is 9.59 Å². The molecule has 3 rings (SSSR count). The molecule has 1 saturated carbocycles. The molecule has 136 valence electrons. The highest BCUT2D eigenvalue weighted by molar-refractivity contribution is 7.98. The molecule has 0 spiro atoms. The number of hydrogen-bond donors (Lipinski definition) is 1. The highest BCUT2D eigenvalue weighted by Gasteiger charge is 2.27. The van der Waals surface area contributed by atoms with Gasteiger partial charge in [0.2, 0.25) is 5.91 Å². The molecule has 2 fully saturated rings. The average molecular weight is 362 g/mol. The third-order valence-electron chi connectivity index (χ3n) is 5.39. The largest absolute Gasteiger partial charge is 0.356 e. The zero-order valence-corrected chi connectivity index (χ0v) is 15.7. The van der Waals surface area contributed by atoms with Crippen LogP contribution in [0.2, 0.25) is 0 Å². The van der Waals surface area contributed by atoms with E-state index in [-0.39, 0.29) is 17.7 Å². The first-order chi connectivity index (χ1) is 12.2. The third kappa shape index (κ3) is 4.54. The third-order valence-corrected chi connectivity index (χ3v) is 6.10. The first-order valence-corrected chi connectivity index (χ1v) is 10.5. The van der Waals surface area contributed by atoms with Crippen molar-refractivity contribution >= 4 is 23.6 Å². The molecule has 1 aromatic rings. The number of carbonyl (C=O) groups excluding carboxylic acids is 2. The summed E-state index contributed by atoms with van der Waals surface area (Å²) in [5.41, 5.74) is 0.697. The van der Waals surface area contributed by atoms with E-state index in [1.807, 2.05) is 23.3 Å². The molecule has 2 heterocycles. The fourth-order valence-electron chi connectivity index (χ4n) is 3.80. The molecule has 1 aliphatic heterocycles. The van der Waals surface area contributed by atoms with Gasteiger partial charge in [0.15, 0.2) is 0 Å². The van der Waals surface area contributed by atoms with Crippen molar-refractivity contribution in [2.45, 2.75) is 43.6 Å². The molecule has 2 amide bonds. The highest BCUT2D eigenvalue weighted by atomic mass is 32.2. The fraction of sp³-hybridized carbons (Fsp3) is 0.632. The van der Waals surface area contributed by atoms with E-state index < -0.39 is 0 Å². The Hall–Kier alpha value is -1.56. The molecule has 0 aromatic carbocycles. The van der Waals surface area contributed by atoms with Crippen molar-refractivity contribution in [2.24, 2.45) is 11.8 Å². The van der Waals surface area contributed by atoms with Crippen LogP contribution in [0.3, 0.4) is 0 Å². The highest BCUT2D eigenvalue weighted by Crippen LogP contribution is 2.25. The molecule has 5 nitrogen and oxygen atoms in total. The number of hydrogen-bond acceptors (Lipinski definition) is 4. The number of thioether (sulfide) groups is 1. The number of carbonyl (C=O) groups is 2. The van der Waals surface area contributed by atoms with Gasteiger partial charge in [-0.25, -0.2) is 4.98 Å². The zero-order valence-electron chi connectivity index (χ0n) is 14.9. The topological polar surface area (TPSA) is 62.3 Å². The predicted octanol–water partition coefficient (Wildman–Crippen LogP) is 2.96. The number of piperidine rings is 1. The van der Waals surface area contributed by atoms with Crippen LogP contribution in [0, 0.1) is 11.8 Å². The summed E-state index contributed by atoms with van der Waals surface area (Å²) in [7, 11) is 0. The monoisotopic (exact) mass is 361 g/mol. The van der Waals surface area contributed by atoms with Crippen molar-refractivity contribution < 1.29 is 9.59 Å². The lowest BCUT2D eigenvalue weighted by molar-refractivity contribution is -0.125. The number of likely N-dealkylation sites (tertiary alicyclic amines) is 1. The van der Waals surface area contributed by atoms with E-state index in [2.05, 4.69) is 10.3 Å². The summed E-state index contributed by atoms with van der Waals surface area (Å²) in [6.07, 6.45) is 10.0. The Morgan fingerprint density at radius 1 is 1.24 bits per heavy atom. The summed E-state index contributed by atoms with van der Waals surface area (Å²) in [5, 5.41) is 3.92. The lowest BCUT2D eigenvalue weighted by atomic mass is 9.96. The molecule has 1 N–H and O–H groups in total. The molecule has 0 atom stereocenters. The summed E-state index contributed by atoms with van der Waals surface area (Å²) in [5.74, 6) is 1.02. The van der Waals surface area contributed by atoms with Gasteiger partial charge in [-0.2, -0.15) is 0 Å². The Balaban J connectivity index is 1.46. The van der Waals surface area contributed by atoms with E-state index >= 15 is 0 Å². The minimum absolute atomic E-state index is 0.0749. The van der Waals surface area contributed by atoms with Gasteiger partial charge in [-0.05, 0) is 50.0 Å². The van der Waals surface area contributed by atoms with Crippen LogP contribution in [0.25, 0.3) is 0 Å². The van der Waals surface area contributed by atoms with E-state index in [0.717, 1.165) is 50.3 Å². The summed E-state index contributed by atoms with van der Waals surface area (Å²) in [4.78, 5) is 31.1. The molecule has 0 radical (unpaired) electrons. The van der Waals surface area contributed by atoms with E-state index in [1.54, 1.807) is 6.20 Å². The normalized spacial score (nSPS) is 19.2. The molecule has 1 aromatic heterocycles. The standard InChI is InChI=1S/C19H27N3O2S/c1-25-18-16(7-4-10-20-18)19(24)22-11-8-14(9-12-22)13-21-17(23)15-5-2-3-6-15/h4,7,10,14-15H,2-3,5-6,8-9,11-13H2,1H3,(H,21,23). The van der Waals surface area contributed by atoms with Crippen LogP contribution in [0.15, 0.2) is 23.4 Å². The number of rotatable bonds is 5. The summed E-state index contributed by atoms with van der Waals surface area (Å²) in [6, 6.07) is 3.67. The smallest absolute Gasteiger partial charge is 0.256 e. The number of nitrogens with zero attached hydrogens (tertiary/aromatic N) is 2. The molecule has 25 heavy (non-hydrogen) atoms. The molecule has 1 saturated heterocycles. The Morgan fingerprint density at radius 3 is 2.64 bits per heavy atom. The maximum Gasteiger partial charge on any atom is 0.256 e. The maximum atomic E-state index is 12.7. The van der Waals surface area contributed by atoms with Gasteiger partial charge in [0.1, 0.15) is 5.03 Å². The van der Waals surface area contributed by atoms with Crippen LogP contribution >= 0.6 is 11.8 Å². The van der Waals surface area contributed by atoms with Crippen LogP contribution in [0.1, 0.15) is 48.9 Å². The number of nitrogens with one attached hydrogen (secondary N) is 1. The lowest BCUT2D eigenvalue weighted by Gasteiger charge is -2.32. The quantitative estimate of drug-likeness (QED) is 0.819. The van der Waals surface area contributed by atoms with Gasteiger partial charge < -0.3 is 10.2 Å². The van der Waals surface area contributed by atoms with Gasteiger partial charge in [0, 0.05) is 31.7 Å². The SMILES string of the molecule is CSc1ncccc1C(=O)N1CCC(CNC(=O)C2CCCC2)CC1. The van der Waals surface area contributed by atoms with Crippen LogP contribution in [-0.4, -0.2) is 47.6 Å². The van der Waals surface area contributed by atoms with Gasteiger partial charge in [0.05, 0.1) is 5.56 Å². The Bertz CT molecular complexity index is 608. The van der Waals surface area contributed by atoms with Gasteiger partial charge in [0.25, 0.3) is 5.91 Å². The predicted molar refractivity (Wildman–Crippen MR) is 99.6 cm³/mol. The van der Waals surface area contributed by atoms with Crippen molar-refractivity contribution in [3.05, 3.63) is 23.9 Å². The average Bonchev–Trinajstić information content (AvgIpc) is 3.21. The first-order valence-electron chi connectivity index (χ1n) is 9.25. The van der Waals surface area contributed by atoms with E-state index in [0.29, 0.717) is 11.5 Å². The number of amides is 2. The second kappa shape index (κ2) is 8.70. The molecule has 2 aliphatic rings. The Kier molecular flexibility index (Phi) is 6.34. The van der Waals surface area contributed by atoms with E-state index in [4.69, 9.17) is 0 Å². The second-order valence-electron chi connectivity index (χ2n) is 7.02. The molecule has 0 unspecified atom stereocenters. The van der Waals surface area contributed by atoms with Crippen LogP contribution in [-0.2, 0) is 4.79 Å². The minimum Gasteiger partial charge on any atom is -0.356 e. The van der Waals surface area contributed by atoms with E-state index in [1.165, 1.54) is 24.6 Å². The maximum absolute atomic E-state index is 12.7. The van der Waals surface area contributed by atoms with Crippen molar-refractivity contribution in [1.29, 1.82) is 0 Å². The van der Waals surface area contributed by atoms with Crippen LogP contribution in [0.5, 0.6) is 0 Å². The van der Waals surface area contributed by atoms with Crippen LogP contribution in [0.4, 0.5) is 0 Å². The Morgan fingerprint density at radius 2 is 1.96 bits per heavy atom. The van der Waals surface area contributed by atoms with Gasteiger partial charge in [-0.3, -0.25) is 9.59 Å². The number of pyridine rings is 1. The summed E-state index contributed by atoms with van der Waals surface area (Å²) in [6.45, 7) is 2.26. The second-order valence-corrected chi connectivity index (χ2v) is 7.82. The lowest BCUT2D eigenvalue weighted by Crippen LogP contribution is -2.42. The molecule has 1 aliphatic carbocycles. The fourth-order valence-corrected chi connectivity index (χ4v) is 4.35. The van der Waals surface area contributed by atoms with Crippen molar-refractivity contribution in [2.75, 3.05) is 25.9 Å². The van der Waals surface area contributed by atoms with Crippen LogP contribution < -0.4 is 5.32 Å².